The SMILES string of the molecule is NC(N)=NCCCC(NC(=O)C(N)Cc1c[nH]c2ccccc12)C(=O)NC(Cc1ccccc1)C(=O)NC(Cc1ccc(O)cc1)C(=O)O. The molecule has 4 rings (SSSR count). The minimum Gasteiger partial charge on any atom is -0.508 e. The number of hydrogen-bond donors (Lipinski definition) is 9. The summed E-state index contributed by atoms with van der Waals surface area (Å²) in [6.07, 6.45) is 2.40. The number of para-hydroxylation sites is 1. The smallest absolute Gasteiger partial charge is 0.326 e. The number of H-pyrrole nitrogens is 1. The quantitative estimate of drug-likeness (QED) is 0.0437. The number of rotatable bonds is 17. The Bertz CT molecular complexity index is 1750. The first-order valence-corrected chi connectivity index (χ1v) is 15.8. The molecular weight excluding hydrogens is 628 g/mol. The van der Waals surface area contributed by atoms with E-state index in [-0.39, 0.29) is 43.9 Å². The third-order valence-electron chi connectivity index (χ3n) is 7.94. The first-order chi connectivity index (χ1) is 23.5. The number of carbonyl (C=O) groups excluding carboxylic acids is 3. The van der Waals surface area contributed by atoms with Crippen LogP contribution in [0.15, 0.2) is 90.1 Å². The van der Waals surface area contributed by atoms with Crippen LogP contribution in [-0.2, 0) is 38.4 Å². The number of carbonyl (C=O) groups is 4. The maximum absolute atomic E-state index is 13.8. The van der Waals surface area contributed by atoms with Crippen LogP contribution in [0, 0.1) is 0 Å². The van der Waals surface area contributed by atoms with Gasteiger partial charge in [-0.25, -0.2) is 4.79 Å². The summed E-state index contributed by atoms with van der Waals surface area (Å²) in [6.45, 7) is 0.189. The van der Waals surface area contributed by atoms with Crippen molar-refractivity contribution >= 4 is 40.6 Å². The van der Waals surface area contributed by atoms with Crippen molar-refractivity contribution in [2.75, 3.05) is 6.54 Å². The van der Waals surface area contributed by atoms with Gasteiger partial charge in [0, 0.05) is 36.5 Å². The van der Waals surface area contributed by atoms with E-state index >= 15 is 0 Å². The van der Waals surface area contributed by atoms with E-state index in [4.69, 9.17) is 17.2 Å². The summed E-state index contributed by atoms with van der Waals surface area (Å²) >= 11 is 0. The lowest BCUT2D eigenvalue weighted by Crippen LogP contribution is -2.58. The van der Waals surface area contributed by atoms with Gasteiger partial charge in [0.2, 0.25) is 17.7 Å². The van der Waals surface area contributed by atoms with Gasteiger partial charge in [-0.05, 0) is 54.2 Å². The molecule has 4 unspecified atom stereocenters. The zero-order valence-electron chi connectivity index (χ0n) is 26.8. The van der Waals surface area contributed by atoms with Crippen LogP contribution in [0.2, 0.25) is 0 Å². The largest absolute Gasteiger partial charge is 0.508 e. The number of aliphatic imine (C=N–C) groups is 1. The number of nitrogens with two attached hydrogens (primary N) is 3. The summed E-state index contributed by atoms with van der Waals surface area (Å²) in [5, 5.41) is 28.4. The molecule has 0 aliphatic rings. The van der Waals surface area contributed by atoms with Crippen LogP contribution in [0.5, 0.6) is 5.75 Å². The van der Waals surface area contributed by atoms with Crippen molar-refractivity contribution in [3.8, 4) is 5.75 Å². The highest BCUT2D eigenvalue weighted by Gasteiger charge is 2.31. The van der Waals surface area contributed by atoms with E-state index in [1.807, 2.05) is 24.3 Å². The van der Waals surface area contributed by atoms with Crippen molar-refractivity contribution < 1.29 is 29.4 Å². The minimum atomic E-state index is -1.33. The van der Waals surface area contributed by atoms with Crippen LogP contribution in [0.25, 0.3) is 10.9 Å². The predicted octanol–water partition coefficient (Wildman–Crippen LogP) is 0.821. The van der Waals surface area contributed by atoms with E-state index < -0.39 is 47.9 Å². The molecule has 49 heavy (non-hydrogen) atoms. The molecule has 0 saturated carbocycles. The van der Waals surface area contributed by atoms with E-state index in [0.717, 1.165) is 16.5 Å². The number of carboxylic acid groups (broad SMARTS) is 1. The lowest BCUT2D eigenvalue weighted by molar-refractivity contribution is -0.142. The number of hydrogen-bond acceptors (Lipinski definition) is 7. The third-order valence-corrected chi connectivity index (χ3v) is 7.94. The molecule has 12 N–H and O–H groups in total. The molecule has 14 heteroatoms. The van der Waals surface area contributed by atoms with Gasteiger partial charge in [-0.1, -0.05) is 60.7 Å². The molecule has 0 aliphatic carbocycles. The Hall–Kier alpha value is -5.89. The van der Waals surface area contributed by atoms with Gasteiger partial charge in [0.05, 0.1) is 6.04 Å². The molecule has 0 saturated heterocycles. The van der Waals surface area contributed by atoms with Crippen molar-refractivity contribution in [2.24, 2.45) is 22.2 Å². The maximum atomic E-state index is 13.8. The highest BCUT2D eigenvalue weighted by Crippen LogP contribution is 2.19. The monoisotopic (exact) mass is 670 g/mol. The van der Waals surface area contributed by atoms with Crippen molar-refractivity contribution in [3.63, 3.8) is 0 Å². The summed E-state index contributed by atoms with van der Waals surface area (Å²) in [7, 11) is 0. The lowest BCUT2D eigenvalue weighted by atomic mass is 10.0. The number of amides is 3. The number of benzene rings is 3. The van der Waals surface area contributed by atoms with E-state index in [2.05, 4.69) is 25.9 Å². The molecule has 3 aromatic carbocycles. The standard InChI is InChI=1S/C35H42N8O6/c36-26(19-23-20-40-27-10-5-4-9-25(23)27)31(45)41-28(11-6-16-39-35(37)38)32(46)42-29(17-21-7-2-1-3-8-21)33(47)43-30(34(48)49)18-22-12-14-24(44)15-13-22/h1-5,7-10,12-15,20,26,28-30,40,44H,6,11,16-19,36H2,(H,41,45)(H,42,46)(H,43,47)(H,48,49)(H4,37,38,39). The van der Waals surface area contributed by atoms with Crippen molar-refractivity contribution in [1.82, 2.24) is 20.9 Å². The number of carboxylic acids is 1. The van der Waals surface area contributed by atoms with Crippen molar-refractivity contribution in [1.29, 1.82) is 0 Å². The molecule has 0 radical (unpaired) electrons. The van der Waals surface area contributed by atoms with Gasteiger partial charge in [0.25, 0.3) is 0 Å². The number of phenolic OH excluding ortho intramolecular Hbond substituents is 1. The fourth-order valence-electron chi connectivity index (χ4n) is 5.35. The van der Waals surface area contributed by atoms with E-state index in [9.17, 15) is 29.4 Å². The van der Waals surface area contributed by atoms with Crippen LogP contribution >= 0.6 is 0 Å². The van der Waals surface area contributed by atoms with Gasteiger partial charge in [-0.2, -0.15) is 0 Å². The first kappa shape index (κ1) is 36.0. The van der Waals surface area contributed by atoms with Gasteiger partial charge < -0.3 is 48.3 Å². The molecule has 0 spiro atoms. The third kappa shape index (κ3) is 10.8. The number of guanidine groups is 1. The Morgan fingerprint density at radius 2 is 1.33 bits per heavy atom. The molecular formula is C35H42N8O6. The zero-order chi connectivity index (χ0) is 35.3. The number of aromatic hydroxyl groups is 1. The average molecular weight is 671 g/mol. The van der Waals surface area contributed by atoms with Crippen LogP contribution in [0.4, 0.5) is 0 Å². The first-order valence-electron chi connectivity index (χ1n) is 15.8. The average Bonchev–Trinajstić information content (AvgIpc) is 3.49. The number of nitrogens with one attached hydrogen (secondary N) is 4. The lowest BCUT2D eigenvalue weighted by Gasteiger charge is -2.25. The number of aromatic amines is 1. The number of aromatic nitrogens is 1. The van der Waals surface area contributed by atoms with E-state index in [0.29, 0.717) is 17.5 Å². The Kier molecular flexibility index (Phi) is 12.7. The van der Waals surface area contributed by atoms with E-state index in [1.54, 1.807) is 48.7 Å². The van der Waals surface area contributed by atoms with Crippen molar-refractivity contribution in [3.05, 3.63) is 102 Å². The molecule has 1 heterocycles. The van der Waals surface area contributed by atoms with Crippen molar-refractivity contribution in [2.45, 2.75) is 56.3 Å². The Balaban J connectivity index is 1.51. The fraction of sp³-hybridized carbons (Fsp3) is 0.286. The Labute approximate surface area is 283 Å². The molecule has 0 fully saturated rings. The second-order valence-electron chi connectivity index (χ2n) is 11.7. The van der Waals surface area contributed by atoms with Crippen LogP contribution in [0.1, 0.15) is 29.5 Å². The minimum absolute atomic E-state index is 0.0177. The van der Waals surface area contributed by atoms with Crippen LogP contribution < -0.4 is 33.2 Å². The Morgan fingerprint density at radius 3 is 2.02 bits per heavy atom. The summed E-state index contributed by atoms with van der Waals surface area (Å²) in [5.41, 5.74) is 20.2. The molecule has 0 bridgehead atoms. The number of fused-ring (bicyclic) bond motifs is 1. The molecule has 4 atom stereocenters. The summed E-state index contributed by atoms with van der Waals surface area (Å²) in [4.78, 5) is 60.0. The van der Waals surface area contributed by atoms with Gasteiger partial charge in [0.15, 0.2) is 5.96 Å². The summed E-state index contributed by atoms with van der Waals surface area (Å²) in [6, 6.07) is 17.8. The van der Waals surface area contributed by atoms with Crippen LogP contribution in [0.3, 0.4) is 0 Å². The number of aliphatic carboxylic acids is 1. The highest BCUT2D eigenvalue weighted by molar-refractivity contribution is 5.94. The topological polar surface area (TPSA) is 251 Å². The molecule has 258 valence electrons. The number of nitrogens with zero attached hydrogens (tertiary/aromatic N) is 1. The Morgan fingerprint density at radius 1 is 0.735 bits per heavy atom. The molecule has 0 aliphatic heterocycles. The summed E-state index contributed by atoms with van der Waals surface area (Å²) in [5.74, 6) is -3.35. The highest BCUT2D eigenvalue weighted by atomic mass is 16.4. The number of phenols is 1. The van der Waals surface area contributed by atoms with Gasteiger partial charge in [0.1, 0.15) is 23.9 Å². The normalized spacial score (nSPS) is 13.4. The predicted molar refractivity (Wildman–Crippen MR) is 185 cm³/mol. The van der Waals surface area contributed by atoms with Gasteiger partial charge in [-0.15, -0.1) is 0 Å². The molecule has 3 amide bonds. The molecule has 4 aromatic rings. The second-order valence-corrected chi connectivity index (χ2v) is 11.7. The van der Waals surface area contributed by atoms with E-state index in [1.165, 1.54) is 12.1 Å². The zero-order valence-corrected chi connectivity index (χ0v) is 26.8. The molecule has 14 nitrogen and oxygen atoms in total. The fourth-order valence-corrected chi connectivity index (χ4v) is 5.35. The van der Waals surface area contributed by atoms with Gasteiger partial charge >= 0.3 is 5.97 Å². The van der Waals surface area contributed by atoms with Crippen LogP contribution in [-0.4, -0.2) is 75.6 Å². The maximum Gasteiger partial charge on any atom is 0.326 e. The second kappa shape index (κ2) is 17.3. The summed E-state index contributed by atoms with van der Waals surface area (Å²) < 4.78 is 0. The van der Waals surface area contributed by atoms with Gasteiger partial charge in [-0.3, -0.25) is 19.4 Å². The molecule has 1 aromatic heterocycles.